The van der Waals surface area contributed by atoms with E-state index in [1.54, 1.807) is 0 Å². The van der Waals surface area contributed by atoms with Crippen LogP contribution in [0.2, 0.25) is 0 Å². The van der Waals surface area contributed by atoms with Gasteiger partial charge in [-0.05, 0) is 6.54 Å². The third-order valence-corrected chi connectivity index (χ3v) is 4.33. The second-order valence-corrected chi connectivity index (χ2v) is 5.84. The van der Waals surface area contributed by atoms with Crippen molar-refractivity contribution in [2.75, 3.05) is 59.0 Å². The maximum atomic E-state index is 13.3. The molecular formula is C14H25F3N4O2. The van der Waals surface area contributed by atoms with Crippen molar-refractivity contribution in [1.29, 1.82) is 0 Å². The largest absolute Gasteiger partial charge is 0.405 e. The number of carbonyl (C=O) groups is 1. The Balaban J connectivity index is 1.88. The number of hydrogen-bond donors (Lipinski definition) is 2. The fourth-order valence-corrected chi connectivity index (χ4v) is 2.91. The van der Waals surface area contributed by atoms with Gasteiger partial charge in [-0.15, -0.1) is 0 Å². The Labute approximate surface area is 134 Å². The van der Waals surface area contributed by atoms with Gasteiger partial charge in [-0.2, -0.15) is 13.2 Å². The lowest BCUT2D eigenvalue weighted by Crippen LogP contribution is -2.59. The molecule has 0 spiro atoms. The monoisotopic (exact) mass is 338 g/mol. The van der Waals surface area contributed by atoms with Crippen molar-refractivity contribution >= 4 is 5.91 Å². The number of nitrogens with one attached hydrogen (secondary N) is 2. The van der Waals surface area contributed by atoms with Gasteiger partial charge >= 0.3 is 6.18 Å². The first-order chi connectivity index (χ1) is 10.9. The summed E-state index contributed by atoms with van der Waals surface area (Å²) in [5.41, 5.74) is 0. The maximum Gasteiger partial charge on any atom is 0.405 e. The van der Waals surface area contributed by atoms with E-state index in [1.165, 1.54) is 4.90 Å². The van der Waals surface area contributed by atoms with E-state index in [4.69, 9.17) is 4.74 Å². The number of likely N-dealkylation sites (N-methyl/N-ethyl adjacent to an activating group) is 1. The maximum absolute atomic E-state index is 13.3. The van der Waals surface area contributed by atoms with Crippen molar-refractivity contribution in [2.45, 2.75) is 25.2 Å². The summed E-state index contributed by atoms with van der Waals surface area (Å²) in [7, 11) is 0. The quantitative estimate of drug-likeness (QED) is 0.718. The van der Waals surface area contributed by atoms with E-state index < -0.39 is 30.8 Å². The topological polar surface area (TPSA) is 56.8 Å². The highest BCUT2D eigenvalue weighted by atomic mass is 19.4. The highest BCUT2D eigenvalue weighted by Crippen LogP contribution is 2.24. The first-order valence-electron chi connectivity index (χ1n) is 8.05. The molecule has 2 aliphatic heterocycles. The van der Waals surface area contributed by atoms with Crippen LogP contribution in [-0.4, -0.2) is 93.0 Å². The number of ether oxygens (including phenoxy) is 1. The van der Waals surface area contributed by atoms with Crippen molar-refractivity contribution in [3.8, 4) is 0 Å². The van der Waals surface area contributed by atoms with Gasteiger partial charge in [0.15, 0.2) is 0 Å². The summed E-state index contributed by atoms with van der Waals surface area (Å²) in [6.45, 7) is 5.62. The minimum absolute atomic E-state index is 0.323. The second kappa shape index (κ2) is 8.27. The molecule has 0 saturated carbocycles. The summed E-state index contributed by atoms with van der Waals surface area (Å²) in [6, 6.07) is -1.65. The zero-order valence-corrected chi connectivity index (χ0v) is 13.4. The Morgan fingerprint density at radius 2 is 2.04 bits per heavy atom. The lowest BCUT2D eigenvalue weighted by Gasteiger charge is -2.36. The summed E-state index contributed by atoms with van der Waals surface area (Å²) in [6.07, 6.45) is -5.06. The lowest BCUT2D eigenvalue weighted by atomic mass is 10.2. The molecule has 23 heavy (non-hydrogen) atoms. The predicted molar refractivity (Wildman–Crippen MR) is 79.1 cm³/mol. The van der Waals surface area contributed by atoms with Gasteiger partial charge in [0, 0.05) is 45.8 Å². The van der Waals surface area contributed by atoms with Crippen molar-refractivity contribution in [3.05, 3.63) is 0 Å². The van der Waals surface area contributed by atoms with E-state index >= 15 is 0 Å². The van der Waals surface area contributed by atoms with Crippen LogP contribution in [0.3, 0.4) is 0 Å². The van der Waals surface area contributed by atoms with Gasteiger partial charge < -0.3 is 15.4 Å². The Morgan fingerprint density at radius 3 is 2.65 bits per heavy atom. The van der Waals surface area contributed by atoms with Crippen LogP contribution in [0.4, 0.5) is 13.2 Å². The second-order valence-electron chi connectivity index (χ2n) is 5.84. The van der Waals surface area contributed by atoms with Crippen LogP contribution < -0.4 is 10.6 Å². The van der Waals surface area contributed by atoms with E-state index in [9.17, 15) is 18.0 Å². The molecule has 2 N–H and O–H groups in total. The lowest BCUT2D eigenvalue weighted by molar-refractivity contribution is -0.184. The van der Waals surface area contributed by atoms with Gasteiger partial charge in [0.1, 0.15) is 12.1 Å². The summed E-state index contributed by atoms with van der Waals surface area (Å²) < 4.78 is 45.2. The van der Waals surface area contributed by atoms with Gasteiger partial charge in [0.25, 0.3) is 5.91 Å². The summed E-state index contributed by atoms with van der Waals surface area (Å²) in [5.74, 6) is -0.465. The number of piperazine rings is 1. The van der Waals surface area contributed by atoms with Crippen molar-refractivity contribution in [2.24, 2.45) is 0 Å². The SMILES string of the molecule is CCN1CCOC(C(=O)NCC(N2CCNCC2)C(F)(F)F)C1. The van der Waals surface area contributed by atoms with Crippen LogP contribution >= 0.6 is 0 Å². The Hall–Kier alpha value is -0.900. The molecule has 9 heteroatoms. The molecule has 2 atom stereocenters. The van der Waals surface area contributed by atoms with Crippen LogP contribution in [-0.2, 0) is 9.53 Å². The zero-order chi connectivity index (χ0) is 16.9. The van der Waals surface area contributed by atoms with Crippen molar-refractivity contribution < 1.29 is 22.7 Å². The molecule has 0 radical (unpaired) electrons. The van der Waals surface area contributed by atoms with E-state index in [0.29, 0.717) is 39.3 Å². The van der Waals surface area contributed by atoms with Crippen LogP contribution in [0.5, 0.6) is 0 Å². The minimum atomic E-state index is -4.37. The fourth-order valence-electron chi connectivity index (χ4n) is 2.91. The Bertz CT molecular complexity index is 389. The van der Waals surface area contributed by atoms with E-state index in [1.807, 2.05) is 11.8 Å². The van der Waals surface area contributed by atoms with E-state index in [0.717, 1.165) is 13.1 Å². The van der Waals surface area contributed by atoms with Crippen molar-refractivity contribution in [3.63, 3.8) is 0 Å². The molecule has 0 aromatic carbocycles. The Morgan fingerprint density at radius 1 is 1.35 bits per heavy atom. The van der Waals surface area contributed by atoms with Crippen molar-refractivity contribution in [1.82, 2.24) is 20.4 Å². The first kappa shape index (κ1) is 18.4. The highest BCUT2D eigenvalue weighted by Gasteiger charge is 2.44. The van der Waals surface area contributed by atoms with E-state index in [2.05, 4.69) is 10.6 Å². The smallest absolute Gasteiger partial charge is 0.366 e. The molecule has 0 aliphatic carbocycles. The number of hydrogen-bond acceptors (Lipinski definition) is 5. The van der Waals surface area contributed by atoms with E-state index in [-0.39, 0.29) is 0 Å². The molecule has 0 aromatic rings. The van der Waals surface area contributed by atoms with Crippen LogP contribution in [0.1, 0.15) is 6.92 Å². The van der Waals surface area contributed by atoms with Crippen LogP contribution in [0.15, 0.2) is 0 Å². The number of alkyl halides is 3. The van der Waals surface area contributed by atoms with Gasteiger partial charge in [0.05, 0.1) is 6.61 Å². The number of morpholine rings is 1. The fraction of sp³-hybridized carbons (Fsp3) is 0.929. The van der Waals surface area contributed by atoms with Gasteiger partial charge in [-0.25, -0.2) is 0 Å². The molecule has 0 aromatic heterocycles. The standard InChI is InChI=1S/C14H25F3N4O2/c1-2-20-7-8-23-11(10-20)13(22)19-9-12(14(15,16)17)21-5-3-18-4-6-21/h11-12,18H,2-10H2,1H3,(H,19,22). The number of halogens is 3. The normalized spacial score (nSPS) is 26.0. The summed E-state index contributed by atoms with van der Waals surface area (Å²) in [5, 5.41) is 5.46. The molecule has 2 aliphatic rings. The molecule has 134 valence electrons. The number of rotatable bonds is 5. The molecule has 2 rings (SSSR count). The average Bonchev–Trinajstić information content (AvgIpc) is 2.54. The molecule has 0 bridgehead atoms. The third kappa shape index (κ3) is 5.30. The number of amides is 1. The predicted octanol–water partition coefficient (Wildman–Crippen LogP) is -0.341. The molecule has 2 unspecified atom stereocenters. The number of nitrogens with zero attached hydrogens (tertiary/aromatic N) is 2. The molecule has 2 heterocycles. The third-order valence-electron chi connectivity index (χ3n) is 4.33. The molecule has 2 saturated heterocycles. The zero-order valence-electron chi connectivity index (χ0n) is 13.4. The molecular weight excluding hydrogens is 313 g/mol. The summed E-state index contributed by atoms with van der Waals surface area (Å²) >= 11 is 0. The van der Waals surface area contributed by atoms with Gasteiger partial charge in [0.2, 0.25) is 0 Å². The average molecular weight is 338 g/mol. The van der Waals surface area contributed by atoms with Gasteiger partial charge in [-0.1, -0.05) is 6.92 Å². The van der Waals surface area contributed by atoms with Crippen LogP contribution in [0, 0.1) is 0 Å². The first-order valence-corrected chi connectivity index (χ1v) is 8.05. The summed E-state index contributed by atoms with van der Waals surface area (Å²) in [4.78, 5) is 15.5. The minimum Gasteiger partial charge on any atom is -0.366 e. The molecule has 1 amide bonds. The van der Waals surface area contributed by atoms with Gasteiger partial charge in [-0.3, -0.25) is 14.6 Å². The molecule has 2 fully saturated rings. The number of carbonyl (C=O) groups excluding carboxylic acids is 1. The van der Waals surface area contributed by atoms with Crippen LogP contribution in [0.25, 0.3) is 0 Å². The Kier molecular flexibility index (Phi) is 6.63. The molecule has 6 nitrogen and oxygen atoms in total. The highest BCUT2D eigenvalue weighted by molar-refractivity contribution is 5.81.